The Hall–Kier alpha value is -1.14. The molecule has 0 radical (unpaired) electrons. The quantitative estimate of drug-likeness (QED) is 0.339. The molecule has 5 fully saturated rings. The average molecular weight is 395 g/mol. The van der Waals surface area contributed by atoms with Crippen LogP contribution in [0.3, 0.4) is 0 Å². The van der Waals surface area contributed by atoms with Gasteiger partial charge in [0.2, 0.25) is 0 Å². The molecular weight excluding hydrogens is 360 g/mol. The van der Waals surface area contributed by atoms with Crippen LogP contribution >= 0.6 is 0 Å². The number of unbranched alkanes of at least 4 members (excludes halogenated alkanes) is 1. The minimum atomic E-state index is -0.169. The van der Waals surface area contributed by atoms with E-state index in [0.717, 1.165) is 25.7 Å². The van der Waals surface area contributed by atoms with E-state index in [1.807, 2.05) is 0 Å². The Morgan fingerprint density at radius 1 is 0.786 bits per heavy atom. The van der Waals surface area contributed by atoms with Gasteiger partial charge in [0.25, 0.3) is 0 Å². The van der Waals surface area contributed by atoms with Gasteiger partial charge in [-0.1, -0.05) is 13.8 Å². The molecule has 0 aromatic rings. The number of carbonyl (C=O) groups excluding carboxylic acids is 2. The Balaban J connectivity index is 1.03. The molecule has 3 saturated heterocycles. The topological polar surface area (TPSA) is 74.4 Å². The molecule has 2 aliphatic carbocycles. The Bertz CT molecular complexity index is 569. The van der Waals surface area contributed by atoms with E-state index in [-0.39, 0.29) is 18.0 Å². The van der Waals surface area contributed by atoms with Gasteiger partial charge in [0.15, 0.2) is 0 Å². The molecular formula is C22H34O6. The molecule has 28 heavy (non-hydrogen) atoms. The lowest BCUT2D eigenvalue weighted by atomic mass is 9.73. The predicted octanol–water partition coefficient (Wildman–Crippen LogP) is 3.26. The zero-order chi connectivity index (χ0) is 19.7. The van der Waals surface area contributed by atoms with E-state index in [2.05, 4.69) is 13.8 Å². The molecule has 8 atom stereocenters. The van der Waals surface area contributed by atoms with Crippen LogP contribution in [-0.4, -0.2) is 49.6 Å². The zero-order valence-corrected chi connectivity index (χ0v) is 17.1. The molecule has 0 aromatic heterocycles. The maximum Gasteiger partial charge on any atom is 0.305 e. The van der Waals surface area contributed by atoms with E-state index in [0.29, 0.717) is 80.9 Å². The first-order valence-corrected chi connectivity index (χ1v) is 11.1. The lowest BCUT2D eigenvalue weighted by Gasteiger charge is -2.49. The highest BCUT2D eigenvalue weighted by Crippen LogP contribution is 2.43. The molecule has 2 saturated carbocycles. The molecule has 3 heterocycles. The third-order valence-electron chi connectivity index (χ3n) is 7.24. The molecule has 6 heteroatoms. The minimum Gasteiger partial charge on any atom is -0.465 e. The normalized spacial score (nSPS) is 40.8. The van der Waals surface area contributed by atoms with Crippen molar-refractivity contribution in [2.24, 2.45) is 23.7 Å². The molecule has 0 amide bonds. The van der Waals surface area contributed by atoms with Crippen molar-refractivity contribution < 1.29 is 28.5 Å². The Kier molecular flexibility index (Phi) is 6.26. The third-order valence-corrected chi connectivity index (χ3v) is 7.24. The third kappa shape index (κ3) is 4.88. The number of carbonyl (C=O) groups is 2. The Labute approximate surface area is 167 Å². The molecule has 158 valence electrons. The van der Waals surface area contributed by atoms with E-state index < -0.39 is 0 Å². The fraction of sp³-hybridized carbons (Fsp3) is 0.909. The van der Waals surface area contributed by atoms with Crippen LogP contribution in [0.2, 0.25) is 0 Å². The summed E-state index contributed by atoms with van der Waals surface area (Å²) in [6.07, 6.45) is 7.92. The molecule has 6 nitrogen and oxygen atoms in total. The summed E-state index contributed by atoms with van der Waals surface area (Å²) < 4.78 is 22.2. The van der Waals surface area contributed by atoms with Crippen LogP contribution < -0.4 is 0 Å². The molecule has 3 aliphatic heterocycles. The predicted molar refractivity (Wildman–Crippen MR) is 101 cm³/mol. The van der Waals surface area contributed by atoms with Gasteiger partial charge in [0.1, 0.15) is 0 Å². The van der Waals surface area contributed by atoms with Crippen molar-refractivity contribution in [3.05, 3.63) is 0 Å². The van der Waals surface area contributed by atoms with Crippen LogP contribution in [0.15, 0.2) is 0 Å². The molecule has 0 spiro atoms. The second-order valence-electron chi connectivity index (χ2n) is 9.40. The van der Waals surface area contributed by atoms with Crippen molar-refractivity contribution in [2.75, 3.05) is 13.2 Å². The summed E-state index contributed by atoms with van der Waals surface area (Å²) in [7, 11) is 0. The van der Waals surface area contributed by atoms with E-state index in [1.54, 1.807) is 0 Å². The van der Waals surface area contributed by atoms with E-state index in [1.165, 1.54) is 0 Å². The Morgan fingerprint density at radius 3 is 2.11 bits per heavy atom. The lowest BCUT2D eigenvalue weighted by molar-refractivity contribution is -0.213. The molecule has 2 bridgehead atoms. The first kappa shape index (κ1) is 20.1. The van der Waals surface area contributed by atoms with Gasteiger partial charge >= 0.3 is 11.9 Å². The van der Waals surface area contributed by atoms with Gasteiger partial charge in [-0.3, -0.25) is 9.59 Å². The Morgan fingerprint density at radius 2 is 1.43 bits per heavy atom. The van der Waals surface area contributed by atoms with Crippen molar-refractivity contribution in [3.63, 3.8) is 0 Å². The number of epoxide rings is 1. The van der Waals surface area contributed by atoms with Crippen LogP contribution in [0.5, 0.6) is 0 Å². The van der Waals surface area contributed by atoms with Gasteiger partial charge in [0, 0.05) is 25.2 Å². The second kappa shape index (κ2) is 8.70. The minimum absolute atomic E-state index is 0.160. The molecule has 5 aliphatic rings. The van der Waals surface area contributed by atoms with Gasteiger partial charge in [-0.05, 0) is 49.9 Å². The maximum absolute atomic E-state index is 12.0. The van der Waals surface area contributed by atoms with Gasteiger partial charge in [-0.25, -0.2) is 0 Å². The first-order valence-electron chi connectivity index (χ1n) is 11.1. The van der Waals surface area contributed by atoms with Crippen LogP contribution in [0, 0.1) is 23.7 Å². The summed E-state index contributed by atoms with van der Waals surface area (Å²) in [6, 6.07) is 0. The van der Waals surface area contributed by atoms with Crippen molar-refractivity contribution in [1.29, 1.82) is 0 Å². The van der Waals surface area contributed by atoms with Crippen LogP contribution in [-0.2, 0) is 28.5 Å². The van der Waals surface area contributed by atoms with Crippen molar-refractivity contribution in [1.82, 2.24) is 0 Å². The number of fused-ring (bicyclic) bond motifs is 3. The number of esters is 2. The second-order valence-corrected chi connectivity index (χ2v) is 9.40. The number of hydrogen-bond acceptors (Lipinski definition) is 6. The summed E-state index contributed by atoms with van der Waals surface area (Å²) in [4.78, 5) is 23.9. The standard InChI is InChI=1S/C22H34O6/c1-13-8-19-20(28-19)9-15(13)11-25-21(23)5-3-4-6-22(24)26-12-17-14(2)7-16-10-18(17)27-16/h13-20H,3-12H2,1-2H3. The van der Waals surface area contributed by atoms with Crippen molar-refractivity contribution in [3.8, 4) is 0 Å². The van der Waals surface area contributed by atoms with Gasteiger partial charge in [0.05, 0.1) is 37.6 Å². The smallest absolute Gasteiger partial charge is 0.305 e. The van der Waals surface area contributed by atoms with Crippen LogP contribution in [0.4, 0.5) is 0 Å². The number of ether oxygens (including phenoxy) is 4. The fourth-order valence-corrected chi connectivity index (χ4v) is 5.14. The van der Waals surface area contributed by atoms with Gasteiger partial charge in [-0.2, -0.15) is 0 Å². The summed E-state index contributed by atoms with van der Waals surface area (Å²) in [5, 5.41) is 0. The molecule has 8 unspecified atom stereocenters. The zero-order valence-electron chi connectivity index (χ0n) is 17.1. The number of rotatable bonds is 9. The van der Waals surface area contributed by atoms with Gasteiger partial charge < -0.3 is 18.9 Å². The van der Waals surface area contributed by atoms with Crippen LogP contribution in [0.25, 0.3) is 0 Å². The van der Waals surface area contributed by atoms with E-state index >= 15 is 0 Å². The monoisotopic (exact) mass is 394 g/mol. The highest BCUT2D eigenvalue weighted by atomic mass is 16.6. The highest BCUT2D eigenvalue weighted by Gasteiger charge is 2.47. The van der Waals surface area contributed by atoms with Crippen molar-refractivity contribution >= 4 is 11.9 Å². The molecule has 0 aromatic carbocycles. The van der Waals surface area contributed by atoms with Crippen molar-refractivity contribution in [2.45, 2.75) is 89.6 Å². The molecule has 5 rings (SSSR count). The summed E-state index contributed by atoms with van der Waals surface area (Å²) in [5.41, 5.74) is 0. The fourth-order valence-electron chi connectivity index (χ4n) is 5.14. The molecule has 0 N–H and O–H groups in total. The largest absolute Gasteiger partial charge is 0.465 e. The van der Waals surface area contributed by atoms with Crippen LogP contribution in [0.1, 0.15) is 65.2 Å². The summed E-state index contributed by atoms with van der Waals surface area (Å²) in [5.74, 6) is 1.53. The number of hydrogen-bond donors (Lipinski definition) is 0. The SMILES string of the molecule is CC1CC2OC2CC1COC(=O)CCCCC(=O)OCC1C(C)CC2CC1O2. The van der Waals surface area contributed by atoms with E-state index in [9.17, 15) is 9.59 Å². The summed E-state index contributed by atoms with van der Waals surface area (Å²) >= 11 is 0. The van der Waals surface area contributed by atoms with Gasteiger partial charge in [-0.15, -0.1) is 0 Å². The van der Waals surface area contributed by atoms with E-state index in [4.69, 9.17) is 18.9 Å². The highest BCUT2D eigenvalue weighted by molar-refractivity contribution is 5.70. The maximum atomic E-state index is 12.0. The average Bonchev–Trinajstić information content (AvgIpc) is 3.39. The summed E-state index contributed by atoms with van der Waals surface area (Å²) in [6.45, 7) is 5.39. The first-order chi connectivity index (χ1) is 13.5. The lowest BCUT2D eigenvalue weighted by Crippen LogP contribution is -2.52.